The predicted molar refractivity (Wildman–Crippen MR) is 140 cm³/mol. The molecule has 4 aromatic rings. The molecule has 1 aromatic heterocycles. The number of thioether (sulfide) groups is 1. The van der Waals surface area contributed by atoms with Gasteiger partial charge in [0.15, 0.2) is 11.5 Å². The zero-order chi connectivity index (χ0) is 23.8. The van der Waals surface area contributed by atoms with Gasteiger partial charge in [-0.1, -0.05) is 63.6 Å². The summed E-state index contributed by atoms with van der Waals surface area (Å²) in [7, 11) is 0. The number of benzene rings is 3. The molecule has 0 saturated heterocycles. The van der Waals surface area contributed by atoms with Gasteiger partial charge in [0, 0.05) is 15.2 Å². The van der Waals surface area contributed by atoms with Crippen LogP contribution < -0.4 is 9.47 Å². The molecule has 3 aromatic carbocycles. The molecule has 0 bridgehead atoms. The van der Waals surface area contributed by atoms with Gasteiger partial charge in [-0.25, -0.2) is 0 Å². The van der Waals surface area contributed by atoms with E-state index < -0.39 is 0 Å². The van der Waals surface area contributed by atoms with Crippen molar-refractivity contribution in [3.63, 3.8) is 0 Å². The molecule has 0 amide bonds. The third-order valence-corrected chi connectivity index (χ3v) is 6.47. The van der Waals surface area contributed by atoms with Crippen molar-refractivity contribution in [3.8, 4) is 11.5 Å². The minimum absolute atomic E-state index is 0.454. The number of halogens is 2. The Labute approximate surface area is 216 Å². The first-order valence-electron chi connectivity index (χ1n) is 10.6. The van der Waals surface area contributed by atoms with Crippen molar-refractivity contribution in [1.29, 1.82) is 0 Å². The smallest absolute Gasteiger partial charge is 0.212 e. The molecular formula is C25H22BrClN4O2S. The lowest BCUT2D eigenvalue weighted by Gasteiger charge is -2.12. The number of rotatable bonds is 10. The van der Waals surface area contributed by atoms with Gasteiger partial charge in [0.1, 0.15) is 12.9 Å². The molecule has 0 radical (unpaired) electrons. The zero-order valence-electron chi connectivity index (χ0n) is 18.4. The van der Waals surface area contributed by atoms with E-state index in [0.717, 1.165) is 31.9 Å². The van der Waals surface area contributed by atoms with Crippen LogP contribution >= 0.6 is 39.3 Å². The fraction of sp³-hybridized carbons (Fsp3) is 0.160. The highest BCUT2D eigenvalue weighted by molar-refractivity contribution is 9.10. The first-order chi connectivity index (χ1) is 16.6. The lowest BCUT2D eigenvalue weighted by Crippen LogP contribution is -2.00. The van der Waals surface area contributed by atoms with Gasteiger partial charge in [-0.3, -0.25) is 0 Å². The Morgan fingerprint density at radius 3 is 2.53 bits per heavy atom. The molecule has 0 fully saturated rings. The van der Waals surface area contributed by atoms with Crippen LogP contribution in [0.2, 0.25) is 5.02 Å². The van der Waals surface area contributed by atoms with E-state index in [1.54, 1.807) is 29.0 Å². The minimum atomic E-state index is 0.454. The van der Waals surface area contributed by atoms with Gasteiger partial charge in [0.05, 0.1) is 12.8 Å². The Kier molecular flexibility index (Phi) is 8.62. The Balaban J connectivity index is 1.42. The highest BCUT2D eigenvalue weighted by Crippen LogP contribution is 2.29. The fourth-order valence-electron chi connectivity index (χ4n) is 2.99. The molecule has 1 heterocycles. The van der Waals surface area contributed by atoms with Gasteiger partial charge in [-0.15, -0.1) is 10.2 Å². The summed E-state index contributed by atoms with van der Waals surface area (Å²) in [6, 6.07) is 21.5. The Morgan fingerprint density at radius 1 is 1.00 bits per heavy atom. The van der Waals surface area contributed by atoms with Crippen molar-refractivity contribution in [2.75, 3.05) is 6.61 Å². The Morgan fingerprint density at radius 2 is 1.76 bits per heavy atom. The average Bonchev–Trinajstić information content (AvgIpc) is 3.30. The summed E-state index contributed by atoms with van der Waals surface area (Å²) in [5, 5.41) is 14.1. The Hall–Kier alpha value is -2.81. The third-order valence-electron chi connectivity index (χ3n) is 4.69. The molecule has 6 nitrogen and oxygen atoms in total. The molecule has 0 spiro atoms. The summed E-state index contributed by atoms with van der Waals surface area (Å²) in [4.78, 5) is 0. The van der Waals surface area contributed by atoms with E-state index in [2.05, 4.69) is 31.2 Å². The molecular weight excluding hydrogens is 536 g/mol. The van der Waals surface area contributed by atoms with Crippen LogP contribution in [0.3, 0.4) is 0 Å². The summed E-state index contributed by atoms with van der Waals surface area (Å²) < 4.78 is 14.5. The molecule has 0 atom stereocenters. The van der Waals surface area contributed by atoms with Crippen LogP contribution in [0.5, 0.6) is 11.5 Å². The molecule has 4 rings (SSSR count). The molecule has 0 N–H and O–H groups in total. The van der Waals surface area contributed by atoms with Crippen molar-refractivity contribution < 1.29 is 9.47 Å². The van der Waals surface area contributed by atoms with Gasteiger partial charge in [0.2, 0.25) is 5.16 Å². The fourth-order valence-corrected chi connectivity index (χ4v) is 4.20. The van der Waals surface area contributed by atoms with E-state index >= 15 is 0 Å². The van der Waals surface area contributed by atoms with Crippen LogP contribution in [0.4, 0.5) is 0 Å². The lowest BCUT2D eigenvalue weighted by molar-refractivity contribution is 0.269. The highest BCUT2D eigenvalue weighted by Gasteiger charge is 2.08. The second-order valence-electron chi connectivity index (χ2n) is 7.17. The molecule has 0 unspecified atom stereocenters. The molecule has 0 aliphatic rings. The van der Waals surface area contributed by atoms with Gasteiger partial charge in [0.25, 0.3) is 0 Å². The molecule has 34 heavy (non-hydrogen) atoms. The summed E-state index contributed by atoms with van der Waals surface area (Å²) in [5.41, 5.74) is 3.10. The van der Waals surface area contributed by atoms with Crippen molar-refractivity contribution in [2.24, 2.45) is 5.10 Å². The largest absolute Gasteiger partial charge is 0.490 e. The van der Waals surface area contributed by atoms with Crippen LogP contribution in [-0.2, 0) is 12.4 Å². The monoisotopic (exact) mass is 556 g/mol. The highest BCUT2D eigenvalue weighted by atomic mass is 79.9. The van der Waals surface area contributed by atoms with Gasteiger partial charge >= 0.3 is 0 Å². The van der Waals surface area contributed by atoms with Crippen molar-refractivity contribution in [3.05, 3.63) is 99.2 Å². The lowest BCUT2D eigenvalue weighted by atomic mass is 10.2. The predicted octanol–water partition coefficient (Wildman–Crippen LogP) is 6.85. The second-order valence-corrected chi connectivity index (χ2v) is 9.47. The first-order valence-corrected chi connectivity index (χ1v) is 12.7. The van der Waals surface area contributed by atoms with Crippen molar-refractivity contribution in [2.45, 2.75) is 24.4 Å². The van der Waals surface area contributed by atoms with E-state index in [-0.39, 0.29) is 0 Å². The van der Waals surface area contributed by atoms with E-state index in [9.17, 15) is 0 Å². The van der Waals surface area contributed by atoms with Gasteiger partial charge in [-0.2, -0.15) is 9.78 Å². The molecule has 0 aliphatic carbocycles. The number of hydrogen-bond acceptors (Lipinski definition) is 6. The maximum absolute atomic E-state index is 6.00. The normalized spacial score (nSPS) is 11.1. The maximum Gasteiger partial charge on any atom is 0.212 e. The van der Waals surface area contributed by atoms with Crippen molar-refractivity contribution in [1.82, 2.24) is 14.9 Å². The van der Waals surface area contributed by atoms with Gasteiger partial charge < -0.3 is 9.47 Å². The number of nitrogens with zero attached hydrogens (tertiary/aromatic N) is 4. The maximum atomic E-state index is 6.00. The van der Waals surface area contributed by atoms with Crippen LogP contribution in [0, 0.1) is 0 Å². The zero-order valence-corrected chi connectivity index (χ0v) is 21.6. The number of aromatic nitrogens is 3. The molecule has 174 valence electrons. The topological polar surface area (TPSA) is 61.5 Å². The second kappa shape index (κ2) is 12.1. The molecule has 0 saturated carbocycles. The summed E-state index contributed by atoms with van der Waals surface area (Å²) in [6.07, 6.45) is 3.33. The minimum Gasteiger partial charge on any atom is -0.490 e. The van der Waals surface area contributed by atoms with Crippen LogP contribution in [-0.4, -0.2) is 27.7 Å². The van der Waals surface area contributed by atoms with E-state index in [4.69, 9.17) is 21.1 Å². The van der Waals surface area contributed by atoms with Crippen LogP contribution in [0.1, 0.15) is 23.6 Å². The Bertz CT molecular complexity index is 1250. The number of ether oxygens (including phenoxy) is 2. The summed E-state index contributed by atoms with van der Waals surface area (Å²) in [5.74, 6) is 2.10. The van der Waals surface area contributed by atoms with E-state index in [0.29, 0.717) is 29.9 Å². The average molecular weight is 558 g/mol. The number of hydrogen-bond donors (Lipinski definition) is 0. The van der Waals surface area contributed by atoms with Crippen LogP contribution in [0.25, 0.3) is 0 Å². The van der Waals surface area contributed by atoms with Gasteiger partial charge in [-0.05, 0) is 66.1 Å². The van der Waals surface area contributed by atoms with E-state index in [1.165, 1.54) is 0 Å². The third kappa shape index (κ3) is 6.85. The first kappa shape index (κ1) is 24.3. The van der Waals surface area contributed by atoms with Crippen molar-refractivity contribution >= 4 is 45.5 Å². The van der Waals surface area contributed by atoms with Crippen LogP contribution in [0.15, 0.2) is 87.8 Å². The molecule has 0 aliphatic heterocycles. The SMILES string of the molecule is CCOc1cc(/C=N/n2cnnc2SCc2ccc(Cl)cc2)ccc1OCc1ccc(Br)cc1. The standard InChI is InChI=1S/C25H22BrClN4O2S/c1-2-32-24-13-20(7-12-23(24)33-15-18-3-8-21(26)9-4-18)14-29-31-17-28-30-25(31)34-16-19-5-10-22(27)11-6-19/h3-14,17H,2,15-16H2,1H3/b29-14+. The quantitative estimate of drug-likeness (QED) is 0.158. The summed E-state index contributed by atoms with van der Waals surface area (Å²) >= 11 is 11.0. The molecule has 9 heteroatoms. The summed E-state index contributed by atoms with van der Waals surface area (Å²) in [6.45, 7) is 2.93. The van der Waals surface area contributed by atoms with E-state index in [1.807, 2.05) is 73.7 Å².